The first kappa shape index (κ1) is 15.5. The minimum atomic E-state index is -3.92. The number of hydrogen-bond donors (Lipinski definition) is 3. The molecular weight excluding hydrogens is 307 g/mol. The first-order valence-electron chi connectivity index (χ1n) is 6.00. The van der Waals surface area contributed by atoms with Crippen LogP contribution in [0.1, 0.15) is 20.3 Å². The van der Waals surface area contributed by atoms with Gasteiger partial charge in [0.2, 0.25) is 10.0 Å². The molecule has 0 bridgehead atoms. The molecule has 4 N–H and O–H groups in total. The Kier molecular flexibility index (Phi) is 3.75. The fourth-order valence-electron chi connectivity index (χ4n) is 2.10. The van der Waals surface area contributed by atoms with Crippen molar-refractivity contribution in [3.63, 3.8) is 0 Å². The van der Waals surface area contributed by atoms with E-state index in [1.54, 1.807) is 13.8 Å². The highest BCUT2D eigenvalue weighted by Crippen LogP contribution is 2.41. The zero-order valence-corrected chi connectivity index (χ0v) is 12.6. The number of anilines is 1. The summed E-state index contributed by atoms with van der Waals surface area (Å²) in [6, 6.07) is 1.44. The summed E-state index contributed by atoms with van der Waals surface area (Å²) in [4.78, 5) is -0.268. The molecule has 5 nitrogen and oxygen atoms in total. The van der Waals surface area contributed by atoms with Crippen LogP contribution in [0, 0.1) is 11.2 Å². The highest BCUT2D eigenvalue weighted by atomic mass is 35.5. The van der Waals surface area contributed by atoms with Crippen molar-refractivity contribution in [1.82, 2.24) is 4.72 Å². The van der Waals surface area contributed by atoms with E-state index in [9.17, 15) is 17.9 Å². The lowest BCUT2D eigenvalue weighted by molar-refractivity contribution is -0.0645. The van der Waals surface area contributed by atoms with E-state index in [0.717, 1.165) is 12.1 Å². The molecule has 1 aromatic carbocycles. The number of nitrogens with two attached hydrogens (primary N) is 1. The van der Waals surface area contributed by atoms with Crippen molar-refractivity contribution >= 4 is 27.3 Å². The number of aliphatic hydroxyl groups is 1. The van der Waals surface area contributed by atoms with Crippen molar-refractivity contribution in [2.45, 2.75) is 37.3 Å². The molecule has 1 aliphatic rings. The topological polar surface area (TPSA) is 92.4 Å². The number of nitrogens with one attached hydrogen (secondary N) is 1. The quantitative estimate of drug-likeness (QED) is 0.735. The van der Waals surface area contributed by atoms with E-state index in [2.05, 4.69) is 4.72 Å². The molecule has 0 amide bonds. The average Bonchev–Trinajstić information content (AvgIpc) is 2.33. The van der Waals surface area contributed by atoms with Crippen molar-refractivity contribution in [2.24, 2.45) is 5.41 Å². The third-order valence-corrected chi connectivity index (χ3v) is 5.79. The maximum absolute atomic E-state index is 13.2. The lowest BCUT2D eigenvalue weighted by Gasteiger charge is -2.49. The van der Waals surface area contributed by atoms with Gasteiger partial charge < -0.3 is 10.8 Å². The van der Waals surface area contributed by atoms with E-state index in [1.165, 1.54) is 0 Å². The summed E-state index contributed by atoms with van der Waals surface area (Å²) in [6.07, 6.45) is -0.246. The molecule has 1 fully saturated rings. The number of sulfonamides is 1. The van der Waals surface area contributed by atoms with Crippen LogP contribution in [0.4, 0.5) is 10.1 Å². The first-order valence-corrected chi connectivity index (χ1v) is 7.86. The van der Waals surface area contributed by atoms with Crippen molar-refractivity contribution < 1.29 is 17.9 Å². The number of aliphatic hydroxyl groups excluding tert-OH is 1. The highest BCUT2D eigenvalue weighted by Gasteiger charge is 2.49. The van der Waals surface area contributed by atoms with E-state index in [4.69, 9.17) is 17.3 Å². The largest absolute Gasteiger partial charge is 0.396 e. The molecule has 8 heteroatoms. The molecular formula is C12H16ClFN2O3S. The Labute approximate surface area is 122 Å². The third kappa shape index (κ3) is 2.50. The maximum Gasteiger partial charge on any atom is 0.242 e. The fourth-order valence-corrected chi connectivity index (χ4v) is 4.06. The van der Waals surface area contributed by atoms with Crippen molar-refractivity contribution in [3.05, 3.63) is 23.0 Å². The highest BCUT2D eigenvalue weighted by molar-refractivity contribution is 7.89. The van der Waals surface area contributed by atoms with Crippen LogP contribution in [0.5, 0.6) is 0 Å². The van der Waals surface area contributed by atoms with Crippen molar-refractivity contribution in [1.29, 1.82) is 0 Å². The number of rotatable bonds is 3. The monoisotopic (exact) mass is 322 g/mol. The Hall–Kier alpha value is -0.890. The molecule has 0 saturated heterocycles. The Morgan fingerprint density at radius 3 is 2.60 bits per heavy atom. The van der Waals surface area contributed by atoms with Gasteiger partial charge in [-0.15, -0.1) is 0 Å². The lowest BCUT2D eigenvalue weighted by atomic mass is 9.65. The minimum Gasteiger partial charge on any atom is -0.396 e. The zero-order valence-electron chi connectivity index (χ0n) is 11.0. The molecule has 1 saturated carbocycles. The number of nitrogen functional groups attached to an aromatic ring is 1. The molecule has 2 rings (SSSR count). The van der Waals surface area contributed by atoms with Crippen LogP contribution in [0.2, 0.25) is 5.02 Å². The third-order valence-electron chi connectivity index (χ3n) is 3.85. The second kappa shape index (κ2) is 4.84. The summed E-state index contributed by atoms with van der Waals surface area (Å²) in [5.74, 6) is -0.770. The predicted molar refractivity (Wildman–Crippen MR) is 74.3 cm³/mol. The molecule has 0 aromatic heterocycles. The molecule has 0 radical (unpaired) electrons. The van der Waals surface area contributed by atoms with Gasteiger partial charge in [0, 0.05) is 11.5 Å². The summed E-state index contributed by atoms with van der Waals surface area (Å²) >= 11 is 5.77. The molecule has 2 atom stereocenters. The number of hydrogen-bond acceptors (Lipinski definition) is 4. The van der Waals surface area contributed by atoms with Crippen LogP contribution in [0.15, 0.2) is 17.0 Å². The van der Waals surface area contributed by atoms with E-state index in [0.29, 0.717) is 6.42 Å². The van der Waals surface area contributed by atoms with Crippen LogP contribution in [-0.2, 0) is 10.0 Å². The van der Waals surface area contributed by atoms with Gasteiger partial charge in [-0.3, -0.25) is 0 Å². The van der Waals surface area contributed by atoms with Gasteiger partial charge in [0.25, 0.3) is 0 Å². The molecule has 0 heterocycles. The van der Waals surface area contributed by atoms with Crippen LogP contribution in [0.3, 0.4) is 0 Å². The van der Waals surface area contributed by atoms with Gasteiger partial charge in [0.05, 0.1) is 16.8 Å². The van der Waals surface area contributed by atoms with Gasteiger partial charge in [-0.05, 0) is 18.6 Å². The fraction of sp³-hybridized carbons (Fsp3) is 0.500. The van der Waals surface area contributed by atoms with E-state index in [1.807, 2.05) is 0 Å². The Morgan fingerprint density at radius 2 is 2.10 bits per heavy atom. The average molecular weight is 323 g/mol. The van der Waals surface area contributed by atoms with E-state index < -0.39 is 33.4 Å². The van der Waals surface area contributed by atoms with Gasteiger partial charge in [0.1, 0.15) is 10.7 Å². The van der Waals surface area contributed by atoms with Gasteiger partial charge in [-0.1, -0.05) is 25.4 Å². The Bertz CT molecular complexity index is 648. The molecule has 2 unspecified atom stereocenters. The second-order valence-corrected chi connectivity index (χ2v) is 7.64. The lowest BCUT2D eigenvalue weighted by Crippen LogP contribution is -2.61. The summed E-state index contributed by atoms with van der Waals surface area (Å²) < 4.78 is 40.2. The molecule has 112 valence electrons. The Morgan fingerprint density at radius 1 is 1.50 bits per heavy atom. The molecule has 0 aliphatic heterocycles. The minimum absolute atomic E-state index is 0.234. The van der Waals surface area contributed by atoms with E-state index in [-0.39, 0.29) is 15.6 Å². The maximum atomic E-state index is 13.2. The van der Waals surface area contributed by atoms with Crippen molar-refractivity contribution in [2.75, 3.05) is 5.73 Å². The van der Waals surface area contributed by atoms with E-state index >= 15 is 0 Å². The smallest absolute Gasteiger partial charge is 0.242 e. The summed E-state index contributed by atoms with van der Waals surface area (Å²) in [5.41, 5.74) is 4.52. The standard InChI is InChI=1S/C12H16ClFN2O3S/c1-12(2)10(5-11(12)17)16-20(18,19)9-4-8(15)7(14)3-6(9)13/h3-4,10-11,16-17H,5,15H2,1-2H3. The van der Waals surface area contributed by atoms with Crippen LogP contribution in [-0.4, -0.2) is 25.7 Å². The molecule has 1 aliphatic carbocycles. The van der Waals surface area contributed by atoms with Gasteiger partial charge in [-0.25, -0.2) is 17.5 Å². The summed E-state index contributed by atoms with van der Waals surface area (Å²) in [6.45, 7) is 3.52. The van der Waals surface area contributed by atoms with Gasteiger partial charge in [0.15, 0.2) is 0 Å². The molecule has 1 aromatic rings. The van der Waals surface area contributed by atoms with Crippen LogP contribution in [0.25, 0.3) is 0 Å². The Balaban J connectivity index is 2.31. The summed E-state index contributed by atoms with van der Waals surface area (Å²) in [5, 5.41) is 9.38. The second-order valence-electron chi connectivity index (χ2n) is 5.55. The zero-order chi connectivity index (χ0) is 15.3. The number of benzene rings is 1. The van der Waals surface area contributed by atoms with Crippen molar-refractivity contribution in [3.8, 4) is 0 Å². The SMILES string of the molecule is CC1(C)C(O)CC1NS(=O)(=O)c1cc(N)c(F)cc1Cl. The predicted octanol–water partition coefficient (Wildman–Crippen LogP) is 1.50. The number of halogens is 2. The van der Waals surface area contributed by atoms with Gasteiger partial charge in [-0.2, -0.15) is 0 Å². The van der Waals surface area contributed by atoms with Crippen LogP contribution < -0.4 is 10.5 Å². The summed E-state index contributed by atoms with van der Waals surface area (Å²) in [7, 11) is -3.92. The molecule has 20 heavy (non-hydrogen) atoms. The van der Waals surface area contributed by atoms with Gasteiger partial charge >= 0.3 is 0 Å². The van der Waals surface area contributed by atoms with Crippen LogP contribution >= 0.6 is 11.6 Å². The normalized spacial score (nSPS) is 25.2. The molecule has 0 spiro atoms. The first-order chi connectivity index (χ1) is 9.05.